The van der Waals surface area contributed by atoms with Crippen LogP contribution in [0.15, 0.2) is 95.5 Å². The molecule has 0 fully saturated rings. The number of fused-ring (bicyclic) bond motifs is 1. The third kappa shape index (κ3) is 6.67. The lowest BCUT2D eigenvalue weighted by molar-refractivity contribution is 0.474. The van der Waals surface area contributed by atoms with E-state index in [0.29, 0.717) is 28.9 Å². The van der Waals surface area contributed by atoms with Crippen LogP contribution in [0.2, 0.25) is 0 Å². The second-order valence-corrected chi connectivity index (χ2v) is 15.8. The van der Waals surface area contributed by atoms with E-state index in [4.69, 9.17) is 14.4 Å². The second-order valence-electron chi connectivity index (χ2n) is 15.8. The molecule has 6 aromatic rings. The Hall–Kier alpha value is -4.70. The number of rotatable bonds is 6. The molecule has 4 heteroatoms. The summed E-state index contributed by atoms with van der Waals surface area (Å²) < 4.78 is 6.42. The molecule has 0 bridgehead atoms. The Labute approximate surface area is 285 Å². The smallest absolute Gasteiger partial charge is 0.231 e. The van der Waals surface area contributed by atoms with Crippen molar-refractivity contribution in [3.05, 3.63) is 113 Å². The third-order valence-electron chi connectivity index (χ3n) is 9.31. The normalized spacial score (nSPS) is 12.4. The van der Waals surface area contributed by atoms with Gasteiger partial charge in [0.2, 0.25) is 5.89 Å². The maximum absolute atomic E-state index is 10.7. The number of nitrogens with zero attached hydrogens (tertiary/aromatic N) is 2. The van der Waals surface area contributed by atoms with Gasteiger partial charge in [0.25, 0.3) is 0 Å². The number of aromatic hydroxyl groups is 1. The topological polar surface area (TPSA) is 59.2 Å². The average Bonchev–Trinajstić information content (AvgIpc) is 3.47. The molecule has 0 radical (unpaired) electrons. The SMILES string of the molecule is CC(C)c1cc(-c2cc(-c3cc(C(C)(C)C)ccn3)cc(-c3cc(C(C)(C)C)cc4oc(-c5ccccc5O)nc34)c2)cc(C(C)C)c1. The zero-order valence-electron chi connectivity index (χ0n) is 30.1. The highest BCUT2D eigenvalue weighted by atomic mass is 16.3. The summed E-state index contributed by atoms with van der Waals surface area (Å²) in [7, 11) is 0. The Morgan fingerprint density at radius 1 is 0.604 bits per heavy atom. The number of phenolic OH excluding ortho intramolecular Hbond substituents is 1. The molecule has 0 amide bonds. The summed E-state index contributed by atoms with van der Waals surface area (Å²) in [6.45, 7) is 22.4. The molecule has 48 heavy (non-hydrogen) atoms. The molecule has 1 N–H and O–H groups in total. The largest absolute Gasteiger partial charge is 0.507 e. The first kappa shape index (κ1) is 33.2. The Balaban J connectivity index is 1.67. The molecule has 0 aliphatic rings. The molecule has 0 aliphatic heterocycles. The van der Waals surface area contributed by atoms with Crippen LogP contribution in [-0.2, 0) is 10.8 Å². The van der Waals surface area contributed by atoms with Gasteiger partial charge >= 0.3 is 0 Å². The average molecular weight is 637 g/mol. The van der Waals surface area contributed by atoms with E-state index in [1.54, 1.807) is 12.1 Å². The van der Waals surface area contributed by atoms with Gasteiger partial charge in [-0.25, -0.2) is 4.98 Å². The van der Waals surface area contributed by atoms with Crippen molar-refractivity contribution in [2.75, 3.05) is 0 Å². The number of pyridine rings is 1. The maximum Gasteiger partial charge on any atom is 0.231 e. The molecular weight excluding hydrogens is 588 g/mol. The van der Waals surface area contributed by atoms with Crippen molar-refractivity contribution in [1.82, 2.24) is 9.97 Å². The van der Waals surface area contributed by atoms with Gasteiger partial charge in [0, 0.05) is 17.3 Å². The molecule has 6 rings (SSSR count). The number of aromatic nitrogens is 2. The van der Waals surface area contributed by atoms with Gasteiger partial charge in [0.05, 0.1) is 11.3 Å². The van der Waals surface area contributed by atoms with Crippen molar-refractivity contribution >= 4 is 11.1 Å². The summed E-state index contributed by atoms with van der Waals surface area (Å²) in [6, 6.07) is 29.7. The van der Waals surface area contributed by atoms with Crippen LogP contribution < -0.4 is 0 Å². The second kappa shape index (κ2) is 12.4. The summed E-state index contributed by atoms with van der Waals surface area (Å²) >= 11 is 0. The minimum absolute atomic E-state index is 0.0107. The maximum atomic E-state index is 10.7. The zero-order chi connectivity index (χ0) is 34.5. The lowest BCUT2D eigenvalue weighted by atomic mass is 9.84. The minimum Gasteiger partial charge on any atom is -0.507 e. The fourth-order valence-electron chi connectivity index (χ4n) is 6.11. The van der Waals surface area contributed by atoms with Crippen LogP contribution in [0.4, 0.5) is 0 Å². The van der Waals surface area contributed by atoms with E-state index in [1.807, 2.05) is 18.3 Å². The third-order valence-corrected chi connectivity index (χ3v) is 9.31. The molecule has 0 atom stereocenters. The van der Waals surface area contributed by atoms with Crippen LogP contribution in [0.1, 0.15) is 103 Å². The van der Waals surface area contributed by atoms with E-state index in [1.165, 1.54) is 22.3 Å². The van der Waals surface area contributed by atoms with E-state index in [2.05, 4.69) is 130 Å². The Bertz CT molecular complexity index is 2090. The van der Waals surface area contributed by atoms with Crippen molar-refractivity contribution in [2.45, 2.75) is 91.9 Å². The first-order chi connectivity index (χ1) is 22.6. The highest BCUT2D eigenvalue weighted by molar-refractivity contribution is 5.95. The van der Waals surface area contributed by atoms with Crippen LogP contribution in [-0.4, -0.2) is 15.1 Å². The van der Waals surface area contributed by atoms with E-state index in [9.17, 15) is 5.11 Å². The fourth-order valence-corrected chi connectivity index (χ4v) is 6.11. The Morgan fingerprint density at radius 2 is 1.21 bits per heavy atom. The van der Waals surface area contributed by atoms with Gasteiger partial charge in [0.15, 0.2) is 5.58 Å². The van der Waals surface area contributed by atoms with Gasteiger partial charge < -0.3 is 9.52 Å². The van der Waals surface area contributed by atoms with Crippen LogP contribution >= 0.6 is 0 Å². The number of hydrogen-bond donors (Lipinski definition) is 1. The van der Waals surface area contributed by atoms with Gasteiger partial charge in [-0.2, -0.15) is 0 Å². The number of oxazole rings is 1. The lowest BCUT2D eigenvalue weighted by Crippen LogP contribution is -2.11. The highest BCUT2D eigenvalue weighted by Crippen LogP contribution is 2.41. The minimum atomic E-state index is -0.133. The molecule has 2 heterocycles. The summed E-state index contributed by atoms with van der Waals surface area (Å²) in [6.07, 6.45) is 1.92. The molecule has 4 nitrogen and oxygen atoms in total. The van der Waals surface area contributed by atoms with Gasteiger partial charge in [-0.1, -0.05) is 99.6 Å². The zero-order valence-corrected chi connectivity index (χ0v) is 30.1. The molecule has 0 spiro atoms. The van der Waals surface area contributed by atoms with Gasteiger partial charge in [-0.05, 0) is 116 Å². The van der Waals surface area contributed by atoms with Crippen molar-refractivity contribution in [2.24, 2.45) is 0 Å². The van der Waals surface area contributed by atoms with Gasteiger partial charge in [-0.15, -0.1) is 0 Å². The van der Waals surface area contributed by atoms with Gasteiger partial charge in [-0.3, -0.25) is 4.98 Å². The van der Waals surface area contributed by atoms with Crippen LogP contribution in [0, 0.1) is 0 Å². The lowest BCUT2D eigenvalue weighted by Gasteiger charge is -2.21. The monoisotopic (exact) mass is 636 g/mol. The number of benzene rings is 4. The Morgan fingerprint density at radius 3 is 1.83 bits per heavy atom. The standard InChI is InChI=1S/C44H48N2O2/c1-26(2)28-17-29(27(3)4)19-30(18-28)31-20-32(22-33(21-31)38-24-34(15-16-45-38)43(5,6)7)37-23-35(44(8,9)10)25-40-41(37)46-42(48-40)36-13-11-12-14-39(36)47/h11-27,47H,1-10H3. The predicted molar refractivity (Wildman–Crippen MR) is 201 cm³/mol. The Kier molecular flexibility index (Phi) is 8.57. The summed E-state index contributed by atoms with van der Waals surface area (Å²) in [4.78, 5) is 9.92. The predicted octanol–water partition coefficient (Wildman–Crippen LogP) is 12.4. The van der Waals surface area contributed by atoms with Gasteiger partial charge in [0.1, 0.15) is 11.3 Å². The van der Waals surface area contributed by atoms with Crippen LogP contribution in [0.3, 0.4) is 0 Å². The summed E-state index contributed by atoms with van der Waals surface area (Å²) in [5.74, 6) is 1.35. The van der Waals surface area contributed by atoms with Crippen molar-refractivity contribution in [3.63, 3.8) is 0 Å². The van der Waals surface area contributed by atoms with E-state index in [-0.39, 0.29) is 16.6 Å². The summed E-state index contributed by atoms with van der Waals surface area (Å²) in [5, 5.41) is 10.7. The number of hydrogen-bond acceptors (Lipinski definition) is 4. The van der Waals surface area contributed by atoms with Crippen LogP contribution in [0.5, 0.6) is 5.75 Å². The molecule has 0 aliphatic carbocycles. The molecule has 0 unspecified atom stereocenters. The first-order valence-corrected chi connectivity index (χ1v) is 17.1. The quantitative estimate of drug-likeness (QED) is 0.198. The van der Waals surface area contributed by atoms with E-state index in [0.717, 1.165) is 39.0 Å². The molecule has 0 saturated heterocycles. The molecule has 246 valence electrons. The number of para-hydroxylation sites is 1. The van der Waals surface area contributed by atoms with E-state index < -0.39 is 0 Å². The number of phenols is 1. The van der Waals surface area contributed by atoms with Crippen molar-refractivity contribution in [3.8, 4) is 50.7 Å². The fraction of sp³-hybridized carbons (Fsp3) is 0.318. The van der Waals surface area contributed by atoms with E-state index >= 15 is 0 Å². The molecule has 4 aromatic carbocycles. The van der Waals surface area contributed by atoms with Crippen molar-refractivity contribution in [1.29, 1.82) is 0 Å². The summed E-state index contributed by atoms with van der Waals surface area (Å²) in [5.41, 5.74) is 13.3. The molecular formula is C44H48N2O2. The molecule has 0 saturated carbocycles. The highest BCUT2D eigenvalue weighted by Gasteiger charge is 2.23. The molecule has 2 aromatic heterocycles. The first-order valence-electron chi connectivity index (χ1n) is 17.1. The van der Waals surface area contributed by atoms with Crippen LogP contribution in [0.25, 0.3) is 56.1 Å². The van der Waals surface area contributed by atoms with Crippen molar-refractivity contribution < 1.29 is 9.52 Å².